The summed E-state index contributed by atoms with van der Waals surface area (Å²) in [6.45, 7) is 2.39. The average Bonchev–Trinajstić information content (AvgIpc) is 3.35. The van der Waals surface area contributed by atoms with Gasteiger partial charge in [-0.15, -0.1) is 0 Å². The van der Waals surface area contributed by atoms with E-state index >= 15 is 0 Å². The van der Waals surface area contributed by atoms with Gasteiger partial charge >= 0.3 is 13.8 Å². The Morgan fingerprint density at radius 1 is 1.23 bits per heavy atom. The number of carbonyl (C=O) groups excluding carboxylic acids is 3. The minimum atomic E-state index is -4.63. The van der Waals surface area contributed by atoms with Crippen LogP contribution in [0.25, 0.3) is 0 Å². The zero-order valence-corrected chi connectivity index (χ0v) is 27.0. The van der Waals surface area contributed by atoms with Gasteiger partial charge in [0.25, 0.3) is 11.8 Å². The fourth-order valence-electron chi connectivity index (χ4n) is 6.12. The quantitative estimate of drug-likeness (QED) is 0.128. The smallest absolute Gasteiger partial charge is 0.451 e. The van der Waals surface area contributed by atoms with E-state index in [1.54, 1.807) is 4.90 Å². The van der Waals surface area contributed by atoms with Gasteiger partial charge in [0.15, 0.2) is 11.3 Å². The fourth-order valence-corrected chi connectivity index (χ4v) is 6.49. The maximum Gasteiger partial charge on any atom is 0.469 e. The SMILES string of the molecule is CC1=NO[C@@]2(CC[C@H](C)N3C[C@H]2n2cc(C(=O)NCc4ccc(F)cc4F)c(=O)c(OCOC(=O)CCCCOP(=O)(O)O)c2C3=O)C1. The molecule has 2 amide bonds. The van der Waals surface area contributed by atoms with Crippen molar-refractivity contribution in [2.45, 2.75) is 76.6 Å². The van der Waals surface area contributed by atoms with Gasteiger partial charge in [-0.25, -0.2) is 13.3 Å². The molecule has 0 saturated carbocycles. The molecule has 3 aliphatic heterocycles. The third kappa shape index (κ3) is 7.59. The molecule has 260 valence electrons. The van der Waals surface area contributed by atoms with Gasteiger partial charge in [-0.3, -0.25) is 23.7 Å². The van der Waals surface area contributed by atoms with Crippen molar-refractivity contribution < 1.29 is 56.4 Å². The lowest BCUT2D eigenvalue weighted by atomic mass is 9.84. The molecule has 48 heavy (non-hydrogen) atoms. The second-order valence-electron chi connectivity index (χ2n) is 12.0. The minimum Gasteiger partial charge on any atom is -0.451 e. The molecular weight excluding hydrogens is 661 g/mol. The number of nitrogens with one attached hydrogen (secondary N) is 1. The van der Waals surface area contributed by atoms with Crippen LogP contribution in [0.3, 0.4) is 0 Å². The molecule has 1 saturated heterocycles. The lowest BCUT2D eigenvalue weighted by Gasteiger charge is -2.42. The minimum absolute atomic E-state index is 0.0333. The van der Waals surface area contributed by atoms with E-state index < -0.39 is 72.4 Å². The number of hydrogen-bond acceptors (Lipinski definition) is 10. The third-order valence-electron chi connectivity index (χ3n) is 8.58. The molecule has 18 heteroatoms. The Hall–Kier alpha value is -4.18. The second-order valence-corrected chi connectivity index (χ2v) is 13.2. The van der Waals surface area contributed by atoms with Gasteiger partial charge in [-0.1, -0.05) is 11.2 Å². The molecule has 0 unspecified atom stereocenters. The number of ether oxygens (including phenoxy) is 2. The number of hydrogen-bond donors (Lipinski definition) is 3. The number of phosphoric acid groups is 1. The summed E-state index contributed by atoms with van der Waals surface area (Å²) in [4.78, 5) is 78.6. The van der Waals surface area contributed by atoms with Crippen LogP contribution in [0, 0.1) is 11.6 Å². The zero-order valence-electron chi connectivity index (χ0n) is 26.1. The predicted molar refractivity (Wildman–Crippen MR) is 162 cm³/mol. The van der Waals surface area contributed by atoms with Crippen LogP contribution < -0.4 is 15.5 Å². The van der Waals surface area contributed by atoms with Crippen LogP contribution in [0.5, 0.6) is 5.75 Å². The van der Waals surface area contributed by atoms with Crippen molar-refractivity contribution in [1.29, 1.82) is 0 Å². The number of aromatic nitrogens is 1. The molecule has 5 rings (SSSR count). The number of phosphoric ester groups is 1. The molecule has 1 aromatic heterocycles. The number of fused-ring (bicyclic) bond motifs is 5. The van der Waals surface area contributed by atoms with E-state index in [1.807, 2.05) is 13.8 Å². The lowest BCUT2D eigenvalue weighted by molar-refractivity contribution is -0.150. The van der Waals surface area contributed by atoms with E-state index in [4.69, 9.17) is 24.1 Å². The highest BCUT2D eigenvalue weighted by Gasteiger charge is 2.54. The van der Waals surface area contributed by atoms with Crippen molar-refractivity contribution in [3.8, 4) is 5.75 Å². The summed E-state index contributed by atoms with van der Waals surface area (Å²) in [5.74, 6) is -4.48. The van der Waals surface area contributed by atoms with Crippen LogP contribution in [0.2, 0.25) is 0 Å². The summed E-state index contributed by atoms with van der Waals surface area (Å²) in [5, 5.41) is 6.63. The topological polar surface area (TPSA) is 195 Å². The van der Waals surface area contributed by atoms with E-state index in [-0.39, 0.29) is 56.3 Å². The molecule has 4 heterocycles. The summed E-state index contributed by atoms with van der Waals surface area (Å²) in [5.41, 5.74) is -1.82. The van der Waals surface area contributed by atoms with Crippen molar-refractivity contribution in [2.75, 3.05) is 19.9 Å². The standard InChI is InChI=1S/C30H35F2N4O11P/c1-17-12-30(47-34-17)9-8-18(2)35-15-23(30)36-14-21(28(39)33-13-19-6-7-20(31)11-22(19)32)26(38)27(25(36)29(35)40)45-16-44-24(37)5-3-4-10-46-48(41,42)43/h6-7,11,14,18,23H,3-5,8-10,12-13,15-16H2,1-2H3,(H,33,39)(H2,41,42,43)/t18-,23+,30-/m0/s1. The van der Waals surface area contributed by atoms with Gasteiger partial charge in [-0.2, -0.15) is 0 Å². The number of carbonyl (C=O) groups is 3. The highest BCUT2D eigenvalue weighted by atomic mass is 31.2. The molecular formula is C30H35F2N4O11P. The maximum absolute atomic E-state index is 14.3. The molecule has 1 aromatic carbocycles. The summed E-state index contributed by atoms with van der Waals surface area (Å²) in [6.07, 6.45) is 2.88. The molecule has 0 radical (unpaired) electrons. The van der Waals surface area contributed by atoms with Crippen LogP contribution >= 0.6 is 7.82 Å². The van der Waals surface area contributed by atoms with Crippen LogP contribution in [0.1, 0.15) is 84.8 Å². The van der Waals surface area contributed by atoms with Crippen LogP contribution in [0.4, 0.5) is 8.78 Å². The van der Waals surface area contributed by atoms with Gasteiger partial charge in [0.1, 0.15) is 17.2 Å². The Balaban J connectivity index is 1.44. The largest absolute Gasteiger partial charge is 0.469 e. The van der Waals surface area contributed by atoms with E-state index in [1.165, 1.54) is 10.8 Å². The summed E-state index contributed by atoms with van der Waals surface area (Å²) in [7, 11) is -4.63. The number of unbranched alkanes of at least 4 members (excludes halogenated alkanes) is 1. The fraction of sp³-hybridized carbons (Fsp3) is 0.500. The number of nitrogens with zero attached hydrogens (tertiary/aromatic N) is 3. The first-order valence-electron chi connectivity index (χ1n) is 15.2. The van der Waals surface area contributed by atoms with Crippen LogP contribution in [-0.2, 0) is 30.0 Å². The van der Waals surface area contributed by atoms with Crippen molar-refractivity contribution in [3.63, 3.8) is 0 Å². The first-order valence-corrected chi connectivity index (χ1v) is 16.7. The van der Waals surface area contributed by atoms with Crippen molar-refractivity contribution in [1.82, 2.24) is 14.8 Å². The maximum atomic E-state index is 14.3. The monoisotopic (exact) mass is 696 g/mol. The number of amides is 2. The van der Waals surface area contributed by atoms with E-state index in [2.05, 4.69) is 15.0 Å². The Bertz CT molecular complexity index is 1750. The summed E-state index contributed by atoms with van der Waals surface area (Å²) >= 11 is 0. The summed E-state index contributed by atoms with van der Waals surface area (Å²) in [6, 6.07) is 1.98. The number of oxime groups is 1. The normalized spacial score (nSPS) is 21.7. The number of esters is 1. The molecule has 1 fully saturated rings. The highest BCUT2D eigenvalue weighted by Crippen LogP contribution is 2.46. The van der Waals surface area contributed by atoms with Gasteiger partial charge < -0.3 is 38.9 Å². The molecule has 2 aromatic rings. The molecule has 1 spiro atoms. The second kappa shape index (κ2) is 14.1. The van der Waals surface area contributed by atoms with Gasteiger partial charge in [0.05, 0.1) is 18.4 Å². The Morgan fingerprint density at radius 2 is 2.00 bits per heavy atom. The van der Waals surface area contributed by atoms with Gasteiger partial charge in [0, 0.05) is 49.8 Å². The van der Waals surface area contributed by atoms with Gasteiger partial charge in [-0.05, 0) is 45.6 Å². The molecule has 2 bridgehead atoms. The average molecular weight is 697 g/mol. The van der Waals surface area contributed by atoms with Crippen LogP contribution in [0.15, 0.2) is 34.3 Å². The third-order valence-corrected chi connectivity index (χ3v) is 9.10. The Morgan fingerprint density at radius 3 is 2.69 bits per heavy atom. The van der Waals surface area contributed by atoms with E-state index in [9.17, 15) is 32.5 Å². The highest BCUT2D eigenvalue weighted by molar-refractivity contribution is 7.46. The number of rotatable bonds is 12. The molecule has 3 aliphatic rings. The predicted octanol–water partition coefficient (Wildman–Crippen LogP) is 2.93. The molecule has 3 N–H and O–H groups in total. The van der Waals surface area contributed by atoms with E-state index in [0.717, 1.165) is 17.8 Å². The lowest BCUT2D eigenvalue weighted by Crippen LogP contribution is -2.52. The number of pyridine rings is 1. The van der Waals surface area contributed by atoms with Gasteiger partial charge in [0.2, 0.25) is 18.0 Å². The Labute approximate surface area is 273 Å². The van der Waals surface area contributed by atoms with Crippen molar-refractivity contribution >= 4 is 31.3 Å². The van der Waals surface area contributed by atoms with Crippen molar-refractivity contribution in [3.05, 3.63) is 63.1 Å². The first-order chi connectivity index (χ1) is 22.7. The molecule has 0 aliphatic carbocycles. The van der Waals surface area contributed by atoms with E-state index in [0.29, 0.717) is 25.3 Å². The van der Waals surface area contributed by atoms with Crippen molar-refractivity contribution in [2.24, 2.45) is 5.16 Å². The molecule has 15 nitrogen and oxygen atoms in total. The van der Waals surface area contributed by atoms with Crippen LogP contribution in [-0.4, -0.2) is 74.3 Å². The first kappa shape index (κ1) is 35.1. The summed E-state index contributed by atoms with van der Waals surface area (Å²) < 4.78 is 55.0. The zero-order chi connectivity index (χ0) is 34.8. The number of benzene rings is 1. The number of halogens is 2. The Kier molecular flexibility index (Phi) is 10.3. The molecule has 3 atom stereocenters.